The molecule has 2 heteroatoms. The number of rotatable bonds is 5. The van der Waals surface area contributed by atoms with Gasteiger partial charge in [0.2, 0.25) is 0 Å². The molecule has 1 aromatic rings. The van der Waals surface area contributed by atoms with Crippen LogP contribution in [0.3, 0.4) is 0 Å². The van der Waals surface area contributed by atoms with E-state index in [2.05, 4.69) is 27.7 Å². The van der Waals surface area contributed by atoms with E-state index in [1.165, 1.54) is 5.56 Å². The molecule has 0 aliphatic heterocycles. The van der Waals surface area contributed by atoms with Gasteiger partial charge in [0.1, 0.15) is 11.5 Å². The quantitative estimate of drug-likeness (QED) is 0.786. The van der Waals surface area contributed by atoms with E-state index in [-0.39, 0.29) is 5.92 Å². The molecule has 0 saturated heterocycles. The highest BCUT2D eigenvalue weighted by atomic mass is 16.5. The number of carbonyl (C=O) groups excluding carboxylic acids is 1. The summed E-state index contributed by atoms with van der Waals surface area (Å²) in [6.45, 7) is 10.3. The molecule has 0 bridgehead atoms. The first-order chi connectivity index (χ1) is 8.42. The maximum absolute atomic E-state index is 12.2. The van der Waals surface area contributed by atoms with Crippen LogP contribution in [0.5, 0.6) is 5.75 Å². The van der Waals surface area contributed by atoms with Gasteiger partial charge in [-0.3, -0.25) is 4.79 Å². The van der Waals surface area contributed by atoms with Crippen LogP contribution in [0.25, 0.3) is 0 Å². The highest BCUT2D eigenvalue weighted by Gasteiger charge is 2.25. The first kappa shape index (κ1) is 14.7. The SMILES string of the molecule is CCC(=O)C(c1c(C)cc(OC)cc1C)C(C)C. The molecule has 1 atom stereocenters. The summed E-state index contributed by atoms with van der Waals surface area (Å²) in [5, 5.41) is 0. The van der Waals surface area contributed by atoms with Crippen LogP contribution in [0.1, 0.15) is 49.8 Å². The fourth-order valence-electron chi connectivity index (χ4n) is 2.63. The van der Waals surface area contributed by atoms with Crippen molar-refractivity contribution in [3.05, 3.63) is 28.8 Å². The third-order valence-corrected chi connectivity index (χ3v) is 3.48. The molecular weight excluding hydrogens is 224 g/mol. The average Bonchev–Trinajstić information content (AvgIpc) is 2.31. The number of ketones is 1. The Balaban J connectivity index is 3.33. The van der Waals surface area contributed by atoms with Gasteiger partial charge in [-0.2, -0.15) is 0 Å². The fourth-order valence-corrected chi connectivity index (χ4v) is 2.63. The zero-order chi connectivity index (χ0) is 13.9. The van der Waals surface area contributed by atoms with Crippen LogP contribution in [-0.4, -0.2) is 12.9 Å². The largest absolute Gasteiger partial charge is 0.497 e. The monoisotopic (exact) mass is 248 g/mol. The molecule has 100 valence electrons. The maximum atomic E-state index is 12.2. The highest BCUT2D eigenvalue weighted by Crippen LogP contribution is 2.34. The molecule has 0 aliphatic carbocycles. The third kappa shape index (κ3) is 2.92. The number of methoxy groups -OCH3 is 1. The van der Waals surface area contributed by atoms with E-state index in [1.54, 1.807) is 7.11 Å². The van der Waals surface area contributed by atoms with Crippen LogP contribution in [-0.2, 0) is 4.79 Å². The number of ether oxygens (including phenoxy) is 1. The molecule has 0 aromatic heterocycles. The van der Waals surface area contributed by atoms with Gasteiger partial charge < -0.3 is 4.74 Å². The van der Waals surface area contributed by atoms with Gasteiger partial charge in [-0.25, -0.2) is 0 Å². The van der Waals surface area contributed by atoms with Crippen molar-refractivity contribution < 1.29 is 9.53 Å². The Kier molecular flexibility index (Phi) is 4.94. The van der Waals surface area contributed by atoms with E-state index in [0.717, 1.165) is 16.9 Å². The molecule has 18 heavy (non-hydrogen) atoms. The van der Waals surface area contributed by atoms with Gasteiger partial charge in [-0.15, -0.1) is 0 Å². The van der Waals surface area contributed by atoms with Crippen LogP contribution in [0.15, 0.2) is 12.1 Å². The first-order valence-corrected chi connectivity index (χ1v) is 6.60. The Labute approximate surface area is 110 Å². The van der Waals surface area contributed by atoms with Crippen molar-refractivity contribution in [2.45, 2.75) is 47.0 Å². The van der Waals surface area contributed by atoms with E-state index in [4.69, 9.17) is 4.74 Å². The van der Waals surface area contributed by atoms with E-state index < -0.39 is 0 Å². The molecule has 0 N–H and O–H groups in total. The van der Waals surface area contributed by atoms with Gasteiger partial charge >= 0.3 is 0 Å². The van der Waals surface area contributed by atoms with Crippen molar-refractivity contribution in [3.63, 3.8) is 0 Å². The molecule has 0 amide bonds. The number of benzene rings is 1. The smallest absolute Gasteiger partial charge is 0.140 e. The van der Waals surface area contributed by atoms with E-state index in [1.807, 2.05) is 19.1 Å². The Morgan fingerprint density at radius 2 is 1.72 bits per heavy atom. The zero-order valence-electron chi connectivity index (χ0n) is 12.3. The zero-order valence-corrected chi connectivity index (χ0v) is 12.3. The maximum Gasteiger partial charge on any atom is 0.140 e. The van der Waals surface area contributed by atoms with E-state index in [0.29, 0.717) is 18.1 Å². The molecule has 0 radical (unpaired) electrons. The van der Waals surface area contributed by atoms with Crippen molar-refractivity contribution in [1.29, 1.82) is 0 Å². The van der Waals surface area contributed by atoms with Crippen LogP contribution < -0.4 is 4.74 Å². The number of carbonyl (C=O) groups is 1. The summed E-state index contributed by atoms with van der Waals surface area (Å²) < 4.78 is 5.27. The van der Waals surface area contributed by atoms with Crippen LogP contribution >= 0.6 is 0 Å². The Morgan fingerprint density at radius 1 is 1.22 bits per heavy atom. The predicted molar refractivity (Wildman–Crippen MR) is 75.3 cm³/mol. The summed E-state index contributed by atoms with van der Waals surface area (Å²) in [6.07, 6.45) is 0.591. The molecular formula is C16H24O2. The summed E-state index contributed by atoms with van der Waals surface area (Å²) >= 11 is 0. The lowest BCUT2D eigenvalue weighted by molar-refractivity contribution is -0.121. The number of Topliss-reactive ketones (excluding diaryl/α,β-unsaturated/α-hetero) is 1. The standard InChI is InChI=1S/C16H24O2/c1-7-14(17)15(10(2)3)16-11(4)8-13(18-6)9-12(16)5/h8-10,15H,7H2,1-6H3. The van der Waals surface area contributed by atoms with Crippen molar-refractivity contribution in [2.24, 2.45) is 5.92 Å². The first-order valence-electron chi connectivity index (χ1n) is 6.60. The second-order valence-electron chi connectivity index (χ2n) is 5.22. The summed E-state index contributed by atoms with van der Waals surface area (Å²) in [6, 6.07) is 4.03. The third-order valence-electron chi connectivity index (χ3n) is 3.48. The minimum absolute atomic E-state index is 0.000839. The average molecular weight is 248 g/mol. The number of hydrogen-bond acceptors (Lipinski definition) is 2. The van der Waals surface area contributed by atoms with Crippen molar-refractivity contribution in [3.8, 4) is 5.75 Å². The van der Waals surface area contributed by atoms with Crippen molar-refractivity contribution >= 4 is 5.78 Å². The summed E-state index contributed by atoms with van der Waals surface area (Å²) in [5.41, 5.74) is 3.47. The molecule has 0 heterocycles. The second-order valence-corrected chi connectivity index (χ2v) is 5.22. The van der Waals surface area contributed by atoms with Crippen LogP contribution in [0.2, 0.25) is 0 Å². The summed E-state index contributed by atoms with van der Waals surface area (Å²) in [5.74, 6) is 1.51. The van der Waals surface area contributed by atoms with Crippen molar-refractivity contribution in [2.75, 3.05) is 7.11 Å². The van der Waals surface area contributed by atoms with E-state index >= 15 is 0 Å². The minimum atomic E-state index is 0.000839. The normalized spacial score (nSPS) is 12.6. The summed E-state index contributed by atoms with van der Waals surface area (Å²) in [7, 11) is 1.67. The molecule has 1 unspecified atom stereocenters. The van der Waals surface area contributed by atoms with Gasteiger partial charge in [-0.1, -0.05) is 20.8 Å². The van der Waals surface area contributed by atoms with Crippen LogP contribution in [0, 0.1) is 19.8 Å². The Morgan fingerprint density at radius 3 is 2.06 bits per heavy atom. The second kappa shape index (κ2) is 6.03. The molecule has 1 aromatic carbocycles. The van der Waals surface area contributed by atoms with Crippen molar-refractivity contribution in [1.82, 2.24) is 0 Å². The molecule has 1 rings (SSSR count). The van der Waals surface area contributed by atoms with Gasteiger partial charge in [-0.05, 0) is 48.6 Å². The van der Waals surface area contributed by atoms with E-state index in [9.17, 15) is 4.79 Å². The van der Waals surface area contributed by atoms with Gasteiger partial charge in [0.05, 0.1) is 7.11 Å². The Hall–Kier alpha value is -1.31. The highest BCUT2D eigenvalue weighted by molar-refractivity contribution is 5.86. The molecule has 0 saturated carbocycles. The minimum Gasteiger partial charge on any atom is -0.497 e. The molecule has 2 nitrogen and oxygen atoms in total. The lowest BCUT2D eigenvalue weighted by Crippen LogP contribution is -2.19. The fraction of sp³-hybridized carbons (Fsp3) is 0.562. The lowest BCUT2D eigenvalue weighted by atomic mass is 9.80. The predicted octanol–water partition coefficient (Wildman–Crippen LogP) is 4.03. The number of hydrogen-bond donors (Lipinski definition) is 0. The summed E-state index contributed by atoms with van der Waals surface area (Å²) in [4.78, 5) is 12.2. The topological polar surface area (TPSA) is 26.3 Å². The molecule has 0 spiro atoms. The number of aryl methyl sites for hydroxylation is 2. The molecule has 0 aliphatic rings. The van der Waals surface area contributed by atoms with Gasteiger partial charge in [0, 0.05) is 12.3 Å². The van der Waals surface area contributed by atoms with Gasteiger partial charge in [0.15, 0.2) is 0 Å². The van der Waals surface area contributed by atoms with Gasteiger partial charge in [0.25, 0.3) is 0 Å². The van der Waals surface area contributed by atoms with Crippen LogP contribution in [0.4, 0.5) is 0 Å². The lowest BCUT2D eigenvalue weighted by Gasteiger charge is -2.24. The Bertz CT molecular complexity index is 410. The molecule has 0 fully saturated rings.